The van der Waals surface area contributed by atoms with Gasteiger partial charge in [0.05, 0.1) is 12.0 Å². The second-order valence-electron chi connectivity index (χ2n) is 4.15. The minimum atomic E-state index is -0.599. The minimum Gasteiger partial charge on any atom is -0.493 e. The van der Waals surface area contributed by atoms with E-state index < -0.39 is 10.9 Å². The molecule has 8 heteroatoms. The Bertz CT molecular complexity index is 742. The Morgan fingerprint density at radius 1 is 1.30 bits per heavy atom. The number of esters is 1. The highest BCUT2D eigenvalue weighted by Gasteiger charge is 2.11. The molecule has 0 spiro atoms. The molecule has 0 atom stereocenters. The maximum Gasteiger partial charge on any atom is 0.335 e. The number of methoxy groups -OCH3 is 1. The fourth-order valence-corrected chi connectivity index (χ4v) is 1.61. The second-order valence-corrected chi connectivity index (χ2v) is 4.15. The van der Waals surface area contributed by atoms with E-state index in [1.807, 2.05) is 0 Å². The van der Waals surface area contributed by atoms with Gasteiger partial charge in [0.15, 0.2) is 11.5 Å². The molecule has 0 aliphatic carbocycles. The summed E-state index contributed by atoms with van der Waals surface area (Å²) in [5.74, 6) is 0.435. The molecule has 1 aromatic carbocycles. The lowest BCUT2D eigenvalue weighted by molar-refractivity contribution is -0.385. The Balaban J connectivity index is 2.20. The average Bonchev–Trinajstić information content (AvgIpc) is 2.56. The van der Waals surface area contributed by atoms with Gasteiger partial charge in [-0.1, -0.05) is 6.58 Å². The van der Waals surface area contributed by atoms with Gasteiger partial charge >= 0.3 is 5.97 Å². The standard InChI is InChI=1S/C15H12N2O6/c1-3-15(18)22-11-5-6-12(13(8-11)21-2)23-14-7-4-10(9-16-14)17(19)20/h3-9H,1H2,2H3. The van der Waals surface area contributed by atoms with Gasteiger partial charge in [0.1, 0.15) is 11.9 Å². The normalized spacial score (nSPS) is 9.78. The molecule has 23 heavy (non-hydrogen) atoms. The van der Waals surface area contributed by atoms with Crippen LogP contribution in [0.1, 0.15) is 0 Å². The molecule has 2 aromatic rings. The van der Waals surface area contributed by atoms with Crippen LogP contribution in [0.4, 0.5) is 5.69 Å². The van der Waals surface area contributed by atoms with Crippen molar-refractivity contribution in [2.75, 3.05) is 7.11 Å². The molecular formula is C15H12N2O6. The first-order chi connectivity index (χ1) is 11.0. The van der Waals surface area contributed by atoms with E-state index >= 15 is 0 Å². The van der Waals surface area contributed by atoms with Crippen LogP contribution in [0.15, 0.2) is 49.2 Å². The van der Waals surface area contributed by atoms with Crippen LogP contribution in [-0.2, 0) is 4.79 Å². The Kier molecular flexibility index (Phi) is 4.88. The van der Waals surface area contributed by atoms with Crippen molar-refractivity contribution in [3.05, 3.63) is 59.3 Å². The topological polar surface area (TPSA) is 101 Å². The van der Waals surface area contributed by atoms with E-state index in [9.17, 15) is 14.9 Å². The third kappa shape index (κ3) is 4.03. The molecule has 2 rings (SSSR count). The fourth-order valence-electron chi connectivity index (χ4n) is 1.61. The van der Waals surface area contributed by atoms with Crippen molar-refractivity contribution in [1.29, 1.82) is 0 Å². The smallest absolute Gasteiger partial charge is 0.335 e. The van der Waals surface area contributed by atoms with Gasteiger partial charge in [-0.3, -0.25) is 10.1 Å². The van der Waals surface area contributed by atoms with Crippen LogP contribution >= 0.6 is 0 Å². The number of pyridine rings is 1. The summed E-state index contributed by atoms with van der Waals surface area (Å²) in [6.07, 6.45) is 2.12. The summed E-state index contributed by atoms with van der Waals surface area (Å²) >= 11 is 0. The summed E-state index contributed by atoms with van der Waals surface area (Å²) in [6, 6.07) is 7.12. The maximum atomic E-state index is 11.2. The molecule has 0 N–H and O–H groups in total. The van der Waals surface area contributed by atoms with Gasteiger partial charge in [-0.25, -0.2) is 9.78 Å². The summed E-state index contributed by atoms with van der Waals surface area (Å²) in [5.41, 5.74) is -0.143. The zero-order valence-electron chi connectivity index (χ0n) is 12.1. The number of nitrogens with zero attached hydrogens (tertiary/aromatic N) is 2. The van der Waals surface area contributed by atoms with Crippen molar-refractivity contribution in [2.45, 2.75) is 0 Å². The van der Waals surface area contributed by atoms with Crippen molar-refractivity contribution in [2.24, 2.45) is 0 Å². The first-order valence-electron chi connectivity index (χ1n) is 6.34. The maximum absolute atomic E-state index is 11.2. The monoisotopic (exact) mass is 316 g/mol. The highest BCUT2D eigenvalue weighted by Crippen LogP contribution is 2.34. The van der Waals surface area contributed by atoms with E-state index in [0.29, 0.717) is 11.5 Å². The molecule has 0 aliphatic rings. The molecule has 0 saturated heterocycles. The third-order valence-corrected chi connectivity index (χ3v) is 2.67. The van der Waals surface area contributed by atoms with E-state index in [4.69, 9.17) is 14.2 Å². The molecule has 1 aromatic heterocycles. The highest BCUT2D eigenvalue weighted by molar-refractivity contribution is 5.83. The van der Waals surface area contributed by atoms with Gasteiger partial charge in [-0.15, -0.1) is 0 Å². The van der Waals surface area contributed by atoms with E-state index in [0.717, 1.165) is 12.3 Å². The number of carbonyl (C=O) groups is 1. The number of ether oxygens (including phenoxy) is 3. The number of rotatable bonds is 6. The predicted octanol–water partition coefficient (Wildman–Crippen LogP) is 2.88. The van der Waals surface area contributed by atoms with Gasteiger partial charge < -0.3 is 14.2 Å². The Labute approximate surface area is 131 Å². The van der Waals surface area contributed by atoms with Gasteiger partial charge in [0.25, 0.3) is 5.69 Å². The number of aromatic nitrogens is 1. The largest absolute Gasteiger partial charge is 0.493 e. The van der Waals surface area contributed by atoms with Crippen LogP contribution in [0.5, 0.6) is 23.1 Å². The molecule has 0 fully saturated rings. The summed E-state index contributed by atoms with van der Waals surface area (Å²) < 4.78 is 15.6. The summed E-state index contributed by atoms with van der Waals surface area (Å²) in [6.45, 7) is 3.31. The van der Waals surface area contributed by atoms with Crippen LogP contribution in [0.3, 0.4) is 0 Å². The average molecular weight is 316 g/mol. The summed E-state index contributed by atoms with van der Waals surface area (Å²) in [7, 11) is 1.42. The molecule has 0 saturated carbocycles. The number of carbonyl (C=O) groups excluding carboxylic acids is 1. The van der Waals surface area contributed by atoms with Crippen molar-refractivity contribution >= 4 is 11.7 Å². The molecule has 0 aliphatic heterocycles. The molecular weight excluding hydrogens is 304 g/mol. The van der Waals surface area contributed by atoms with Crippen molar-refractivity contribution < 1.29 is 23.9 Å². The molecule has 1 heterocycles. The lowest BCUT2D eigenvalue weighted by Crippen LogP contribution is -2.03. The lowest BCUT2D eigenvalue weighted by atomic mass is 10.3. The highest BCUT2D eigenvalue weighted by atomic mass is 16.6. The quantitative estimate of drug-likeness (QED) is 0.265. The third-order valence-electron chi connectivity index (χ3n) is 2.67. The van der Waals surface area contributed by atoms with Crippen molar-refractivity contribution in [3.63, 3.8) is 0 Å². The van der Waals surface area contributed by atoms with Crippen LogP contribution in [-0.4, -0.2) is 23.0 Å². The van der Waals surface area contributed by atoms with Crippen LogP contribution < -0.4 is 14.2 Å². The number of hydrogen-bond donors (Lipinski definition) is 0. The number of benzene rings is 1. The van der Waals surface area contributed by atoms with E-state index in [-0.39, 0.29) is 17.3 Å². The molecule has 0 bridgehead atoms. The van der Waals surface area contributed by atoms with E-state index in [2.05, 4.69) is 11.6 Å². The summed E-state index contributed by atoms with van der Waals surface area (Å²) in [5, 5.41) is 10.6. The van der Waals surface area contributed by atoms with Crippen LogP contribution in [0.25, 0.3) is 0 Å². The van der Waals surface area contributed by atoms with Crippen molar-refractivity contribution in [1.82, 2.24) is 4.98 Å². The molecule has 0 unspecified atom stereocenters. The number of nitro groups is 1. The second kappa shape index (κ2) is 7.03. The van der Waals surface area contributed by atoms with Crippen LogP contribution in [0, 0.1) is 10.1 Å². The molecule has 0 radical (unpaired) electrons. The predicted molar refractivity (Wildman–Crippen MR) is 79.8 cm³/mol. The number of hydrogen-bond acceptors (Lipinski definition) is 7. The van der Waals surface area contributed by atoms with Crippen molar-refractivity contribution in [3.8, 4) is 23.1 Å². The van der Waals surface area contributed by atoms with Gasteiger partial charge in [0, 0.05) is 24.3 Å². The minimum absolute atomic E-state index is 0.143. The van der Waals surface area contributed by atoms with Gasteiger partial charge in [-0.05, 0) is 12.1 Å². The molecule has 118 valence electrons. The van der Waals surface area contributed by atoms with Gasteiger partial charge in [0.2, 0.25) is 5.88 Å². The zero-order chi connectivity index (χ0) is 16.8. The lowest BCUT2D eigenvalue weighted by Gasteiger charge is -2.11. The Morgan fingerprint density at radius 3 is 2.65 bits per heavy atom. The fraction of sp³-hybridized carbons (Fsp3) is 0.0667. The Hall–Kier alpha value is -3.42. The van der Waals surface area contributed by atoms with E-state index in [1.54, 1.807) is 0 Å². The van der Waals surface area contributed by atoms with Crippen LogP contribution in [0.2, 0.25) is 0 Å². The first-order valence-corrected chi connectivity index (χ1v) is 6.34. The molecule has 8 nitrogen and oxygen atoms in total. The summed E-state index contributed by atoms with van der Waals surface area (Å²) in [4.78, 5) is 25.0. The first kappa shape index (κ1) is 16.0. The Morgan fingerprint density at radius 2 is 2.09 bits per heavy atom. The zero-order valence-corrected chi connectivity index (χ0v) is 12.1. The SMILES string of the molecule is C=CC(=O)Oc1ccc(Oc2ccc([N+](=O)[O-])cn2)c(OC)c1. The van der Waals surface area contributed by atoms with E-state index in [1.165, 1.54) is 37.4 Å². The van der Waals surface area contributed by atoms with Gasteiger partial charge in [-0.2, -0.15) is 0 Å². The molecule has 0 amide bonds.